The maximum atomic E-state index is 11.7. The summed E-state index contributed by atoms with van der Waals surface area (Å²) >= 11 is 0. The summed E-state index contributed by atoms with van der Waals surface area (Å²) in [6, 6.07) is 0. The van der Waals surface area contributed by atoms with Crippen LogP contribution in [0.5, 0.6) is 5.88 Å². The van der Waals surface area contributed by atoms with Gasteiger partial charge >= 0.3 is 5.97 Å². The Morgan fingerprint density at radius 2 is 2.28 bits per heavy atom. The topological polar surface area (TPSA) is 70.4 Å². The molecule has 0 spiro atoms. The van der Waals surface area contributed by atoms with E-state index >= 15 is 0 Å². The first-order valence-electron chi connectivity index (χ1n) is 5.89. The Balaban J connectivity index is 2.94. The van der Waals surface area contributed by atoms with Crippen LogP contribution >= 0.6 is 0 Å². The second-order valence-corrected chi connectivity index (χ2v) is 4.14. The number of rotatable bonds is 7. The Labute approximate surface area is 106 Å². The minimum absolute atomic E-state index is 0.0484. The summed E-state index contributed by atoms with van der Waals surface area (Å²) in [5.74, 6) is 0.0993. The zero-order chi connectivity index (χ0) is 13.5. The fraction of sp³-hybridized carbons (Fsp3) is 0.583. The number of hydrogen-bond donors (Lipinski definition) is 0. The van der Waals surface area contributed by atoms with Gasteiger partial charge in [0.05, 0.1) is 19.4 Å². The van der Waals surface area contributed by atoms with Crippen LogP contribution in [0.4, 0.5) is 0 Å². The maximum Gasteiger partial charge on any atom is 0.345 e. The minimum atomic E-state index is -0.492. The number of hydrogen-bond acceptors (Lipinski definition) is 5. The number of carbonyl (C=O) groups excluding carboxylic acids is 2. The number of aromatic nitrogens is 2. The van der Waals surface area contributed by atoms with E-state index in [2.05, 4.69) is 5.10 Å². The third kappa shape index (κ3) is 3.58. The average Bonchev–Trinajstić information content (AvgIpc) is 2.70. The SMILES string of the molecule is CCOC(=O)c1cnn(CC=O)c1OCC(C)C. The van der Waals surface area contributed by atoms with Gasteiger partial charge in [-0.3, -0.25) is 0 Å². The monoisotopic (exact) mass is 254 g/mol. The molecule has 0 unspecified atom stereocenters. The highest BCUT2D eigenvalue weighted by Gasteiger charge is 2.20. The number of esters is 1. The van der Waals surface area contributed by atoms with E-state index in [0.29, 0.717) is 18.8 Å². The second kappa shape index (κ2) is 6.78. The van der Waals surface area contributed by atoms with Crippen LogP contribution in [0.25, 0.3) is 0 Å². The van der Waals surface area contributed by atoms with Crippen molar-refractivity contribution in [2.24, 2.45) is 5.92 Å². The van der Waals surface area contributed by atoms with Crippen molar-refractivity contribution in [3.05, 3.63) is 11.8 Å². The van der Waals surface area contributed by atoms with E-state index < -0.39 is 5.97 Å². The first-order valence-corrected chi connectivity index (χ1v) is 5.89. The van der Waals surface area contributed by atoms with Gasteiger partial charge in [-0.15, -0.1) is 0 Å². The van der Waals surface area contributed by atoms with Gasteiger partial charge in [0.15, 0.2) is 0 Å². The molecule has 0 aliphatic heterocycles. The van der Waals surface area contributed by atoms with E-state index in [1.54, 1.807) is 6.92 Å². The van der Waals surface area contributed by atoms with E-state index in [-0.39, 0.29) is 24.6 Å². The van der Waals surface area contributed by atoms with Crippen LogP contribution in [0.2, 0.25) is 0 Å². The van der Waals surface area contributed by atoms with Crippen molar-refractivity contribution in [3.8, 4) is 5.88 Å². The van der Waals surface area contributed by atoms with Gasteiger partial charge in [0.25, 0.3) is 0 Å². The van der Waals surface area contributed by atoms with Crippen LogP contribution < -0.4 is 4.74 Å². The molecular weight excluding hydrogens is 236 g/mol. The molecule has 0 radical (unpaired) electrons. The van der Waals surface area contributed by atoms with Crippen LogP contribution in [-0.2, 0) is 16.1 Å². The molecule has 1 aromatic rings. The molecule has 0 saturated heterocycles. The first kappa shape index (κ1) is 14.2. The standard InChI is InChI=1S/C12H18N2O4/c1-4-17-12(16)10-7-13-14(5-6-15)11(10)18-8-9(2)3/h6-7,9H,4-5,8H2,1-3H3. The van der Waals surface area contributed by atoms with E-state index in [1.165, 1.54) is 10.9 Å². The Morgan fingerprint density at radius 1 is 1.56 bits per heavy atom. The molecule has 18 heavy (non-hydrogen) atoms. The molecule has 100 valence electrons. The van der Waals surface area contributed by atoms with E-state index in [0.717, 1.165) is 0 Å². The number of nitrogens with zero attached hydrogens (tertiary/aromatic N) is 2. The molecule has 0 aromatic carbocycles. The average molecular weight is 254 g/mol. The fourth-order valence-electron chi connectivity index (χ4n) is 1.32. The third-order valence-electron chi connectivity index (χ3n) is 2.09. The Hall–Kier alpha value is -1.85. The predicted octanol–water partition coefficient (Wildman–Crippen LogP) is 1.29. The molecule has 1 heterocycles. The molecule has 1 aromatic heterocycles. The summed E-state index contributed by atoms with van der Waals surface area (Å²) in [4.78, 5) is 22.2. The second-order valence-electron chi connectivity index (χ2n) is 4.14. The normalized spacial score (nSPS) is 10.4. The number of ether oxygens (including phenoxy) is 2. The molecular formula is C12H18N2O4. The molecule has 0 N–H and O–H groups in total. The molecule has 0 atom stereocenters. The smallest absolute Gasteiger partial charge is 0.345 e. The van der Waals surface area contributed by atoms with Gasteiger partial charge in [-0.25, -0.2) is 9.48 Å². The van der Waals surface area contributed by atoms with Crippen molar-refractivity contribution in [1.82, 2.24) is 9.78 Å². The van der Waals surface area contributed by atoms with Crippen molar-refractivity contribution in [2.45, 2.75) is 27.3 Å². The molecule has 0 aliphatic carbocycles. The fourth-order valence-corrected chi connectivity index (χ4v) is 1.32. The van der Waals surface area contributed by atoms with Crippen molar-refractivity contribution in [3.63, 3.8) is 0 Å². The largest absolute Gasteiger partial charge is 0.477 e. The highest BCUT2D eigenvalue weighted by Crippen LogP contribution is 2.20. The van der Waals surface area contributed by atoms with E-state index in [1.807, 2.05) is 13.8 Å². The minimum Gasteiger partial charge on any atom is -0.477 e. The van der Waals surface area contributed by atoms with E-state index in [9.17, 15) is 9.59 Å². The summed E-state index contributed by atoms with van der Waals surface area (Å²) in [7, 11) is 0. The molecule has 6 heteroatoms. The Bertz CT molecular complexity index is 412. The first-order chi connectivity index (χ1) is 8.60. The number of carbonyl (C=O) groups is 2. The molecule has 6 nitrogen and oxygen atoms in total. The summed E-state index contributed by atoms with van der Waals surface area (Å²) in [6.07, 6.45) is 2.06. The van der Waals surface area contributed by atoms with Crippen LogP contribution in [-0.4, -0.2) is 35.2 Å². The van der Waals surface area contributed by atoms with Gasteiger partial charge in [0, 0.05) is 0 Å². The van der Waals surface area contributed by atoms with Crippen molar-refractivity contribution in [2.75, 3.05) is 13.2 Å². The lowest BCUT2D eigenvalue weighted by Gasteiger charge is -2.11. The third-order valence-corrected chi connectivity index (χ3v) is 2.09. The lowest BCUT2D eigenvalue weighted by atomic mass is 10.2. The van der Waals surface area contributed by atoms with Crippen molar-refractivity contribution < 1.29 is 19.1 Å². The molecule has 0 bridgehead atoms. The predicted molar refractivity (Wildman–Crippen MR) is 64.6 cm³/mol. The van der Waals surface area contributed by atoms with Gasteiger partial charge in [-0.2, -0.15) is 5.10 Å². The molecule has 1 rings (SSSR count). The van der Waals surface area contributed by atoms with Crippen molar-refractivity contribution in [1.29, 1.82) is 0 Å². The zero-order valence-corrected chi connectivity index (χ0v) is 10.9. The Kier molecular flexibility index (Phi) is 5.35. The lowest BCUT2D eigenvalue weighted by Crippen LogP contribution is -2.13. The van der Waals surface area contributed by atoms with Gasteiger partial charge < -0.3 is 14.3 Å². The van der Waals surface area contributed by atoms with Crippen LogP contribution in [0.15, 0.2) is 6.20 Å². The van der Waals surface area contributed by atoms with Crippen LogP contribution in [0.1, 0.15) is 31.1 Å². The lowest BCUT2D eigenvalue weighted by molar-refractivity contribution is -0.108. The summed E-state index contributed by atoms with van der Waals surface area (Å²) in [5.41, 5.74) is 0.249. The van der Waals surface area contributed by atoms with Crippen molar-refractivity contribution >= 4 is 12.3 Å². The van der Waals surface area contributed by atoms with Crippen LogP contribution in [0, 0.1) is 5.92 Å². The maximum absolute atomic E-state index is 11.7. The van der Waals surface area contributed by atoms with E-state index in [4.69, 9.17) is 9.47 Å². The quantitative estimate of drug-likeness (QED) is 0.541. The van der Waals surface area contributed by atoms with Crippen LogP contribution in [0.3, 0.4) is 0 Å². The number of aldehydes is 1. The van der Waals surface area contributed by atoms with Gasteiger partial charge in [0.1, 0.15) is 18.4 Å². The summed E-state index contributed by atoms with van der Waals surface area (Å²) in [6.45, 7) is 6.47. The molecule has 0 aliphatic rings. The molecule has 0 fully saturated rings. The van der Waals surface area contributed by atoms with Gasteiger partial charge in [-0.1, -0.05) is 13.8 Å². The Morgan fingerprint density at radius 3 is 2.83 bits per heavy atom. The van der Waals surface area contributed by atoms with Gasteiger partial charge in [0.2, 0.25) is 5.88 Å². The summed E-state index contributed by atoms with van der Waals surface area (Å²) < 4.78 is 11.8. The van der Waals surface area contributed by atoms with Gasteiger partial charge in [-0.05, 0) is 12.8 Å². The molecule has 0 amide bonds. The highest BCUT2D eigenvalue weighted by molar-refractivity contribution is 5.91. The highest BCUT2D eigenvalue weighted by atomic mass is 16.5. The zero-order valence-electron chi connectivity index (χ0n) is 10.9. The molecule has 0 saturated carbocycles. The summed E-state index contributed by atoms with van der Waals surface area (Å²) in [5, 5.41) is 3.95.